The highest BCUT2D eigenvalue weighted by Crippen LogP contribution is 2.32. The van der Waals surface area contributed by atoms with E-state index < -0.39 is 0 Å². The molecule has 0 saturated carbocycles. The van der Waals surface area contributed by atoms with Crippen LogP contribution in [0.1, 0.15) is 40.8 Å². The minimum atomic E-state index is -0.146. The molecule has 1 aromatic heterocycles. The number of benzene rings is 1. The molecule has 3 rings (SSSR count). The summed E-state index contributed by atoms with van der Waals surface area (Å²) in [4.78, 5) is 16.6. The van der Waals surface area contributed by atoms with Gasteiger partial charge in [0.1, 0.15) is 0 Å². The minimum Gasteiger partial charge on any atom is -0.454 e. The molecule has 2 aromatic rings. The molecule has 0 spiro atoms. The van der Waals surface area contributed by atoms with Gasteiger partial charge < -0.3 is 14.8 Å². The smallest absolute Gasteiger partial charge is 0.251 e. The molecule has 1 aliphatic heterocycles. The molecular formula is C15H16N2O3S. The third-order valence-electron chi connectivity index (χ3n) is 3.13. The molecule has 0 fully saturated rings. The SMILES string of the molecule is CC(C)c1nc(CNC(=O)c2ccc3c(c2)OCO3)cs1. The Morgan fingerprint density at radius 2 is 2.19 bits per heavy atom. The van der Waals surface area contributed by atoms with Crippen molar-refractivity contribution in [1.82, 2.24) is 10.3 Å². The van der Waals surface area contributed by atoms with Gasteiger partial charge in [0.15, 0.2) is 11.5 Å². The van der Waals surface area contributed by atoms with Crippen molar-refractivity contribution in [3.63, 3.8) is 0 Å². The number of hydrogen-bond acceptors (Lipinski definition) is 5. The average Bonchev–Trinajstić information content (AvgIpc) is 3.12. The van der Waals surface area contributed by atoms with Gasteiger partial charge in [0.25, 0.3) is 5.91 Å². The van der Waals surface area contributed by atoms with Crippen LogP contribution in [0, 0.1) is 0 Å². The maximum atomic E-state index is 12.1. The van der Waals surface area contributed by atoms with Crippen molar-refractivity contribution in [3.8, 4) is 11.5 Å². The lowest BCUT2D eigenvalue weighted by atomic mass is 10.2. The van der Waals surface area contributed by atoms with E-state index in [4.69, 9.17) is 9.47 Å². The Hall–Kier alpha value is -2.08. The Bertz CT molecular complexity index is 667. The molecule has 2 heterocycles. The van der Waals surface area contributed by atoms with Crippen molar-refractivity contribution in [2.75, 3.05) is 6.79 Å². The van der Waals surface area contributed by atoms with E-state index in [2.05, 4.69) is 24.1 Å². The number of aromatic nitrogens is 1. The van der Waals surface area contributed by atoms with Crippen molar-refractivity contribution >= 4 is 17.2 Å². The van der Waals surface area contributed by atoms with E-state index in [-0.39, 0.29) is 12.7 Å². The first kappa shape index (κ1) is 13.9. The predicted octanol–water partition coefficient (Wildman–Crippen LogP) is 2.93. The van der Waals surface area contributed by atoms with Crippen LogP contribution in [0.5, 0.6) is 11.5 Å². The number of amides is 1. The summed E-state index contributed by atoms with van der Waals surface area (Å²) in [6.07, 6.45) is 0. The molecule has 1 aromatic carbocycles. The Morgan fingerprint density at radius 1 is 1.38 bits per heavy atom. The predicted molar refractivity (Wildman–Crippen MR) is 79.9 cm³/mol. The zero-order valence-corrected chi connectivity index (χ0v) is 12.7. The first-order chi connectivity index (χ1) is 10.1. The molecule has 110 valence electrons. The van der Waals surface area contributed by atoms with Gasteiger partial charge in [-0.15, -0.1) is 11.3 Å². The zero-order valence-electron chi connectivity index (χ0n) is 11.9. The number of carbonyl (C=O) groups excluding carboxylic acids is 1. The third-order valence-corrected chi connectivity index (χ3v) is 4.32. The highest BCUT2D eigenvalue weighted by Gasteiger charge is 2.16. The van der Waals surface area contributed by atoms with Gasteiger partial charge in [-0.25, -0.2) is 4.98 Å². The first-order valence-corrected chi connectivity index (χ1v) is 7.63. The largest absolute Gasteiger partial charge is 0.454 e. The van der Waals surface area contributed by atoms with E-state index in [0.717, 1.165) is 10.7 Å². The van der Waals surface area contributed by atoms with Crippen LogP contribution in [0.2, 0.25) is 0 Å². The second-order valence-electron chi connectivity index (χ2n) is 5.08. The number of nitrogens with zero attached hydrogens (tertiary/aromatic N) is 1. The lowest BCUT2D eigenvalue weighted by Crippen LogP contribution is -2.22. The number of nitrogens with one attached hydrogen (secondary N) is 1. The van der Waals surface area contributed by atoms with Gasteiger partial charge >= 0.3 is 0 Å². The van der Waals surface area contributed by atoms with E-state index in [0.29, 0.717) is 29.5 Å². The van der Waals surface area contributed by atoms with Gasteiger partial charge in [-0.2, -0.15) is 0 Å². The highest BCUT2D eigenvalue weighted by molar-refractivity contribution is 7.09. The minimum absolute atomic E-state index is 0.146. The van der Waals surface area contributed by atoms with Crippen molar-refractivity contribution in [1.29, 1.82) is 0 Å². The molecule has 0 saturated heterocycles. The van der Waals surface area contributed by atoms with Crippen molar-refractivity contribution in [2.24, 2.45) is 0 Å². The quantitative estimate of drug-likeness (QED) is 0.943. The van der Waals surface area contributed by atoms with Gasteiger partial charge in [0.05, 0.1) is 17.2 Å². The van der Waals surface area contributed by atoms with E-state index in [1.165, 1.54) is 0 Å². The number of ether oxygens (including phenoxy) is 2. The number of rotatable bonds is 4. The van der Waals surface area contributed by atoms with Crippen LogP contribution in [0.4, 0.5) is 0 Å². The molecule has 1 N–H and O–H groups in total. The maximum Gasteiger partial charge on any atom is 0.251 e. The molecule has 0 bridgehead atoms. The Morgan fingerprint density at radius 3 is 2.95 bits per heavy atom. The molecule has 1 amide bonds. The van der Waals surface area contributed by atoms with Gasteiger partial charge in [0, 0.05) is 16.9 Å². The summed E-state index contributed by atoms with van der Waals surface area (Å²) in [5.74, 6) is 1.55. The second-order valence-corrected chi connectivity index (χ2v) is 5.97. The van der Waals surface area contributed by atoms with Gasteiger partial charge in [-0.3, -0.25) is 4.79 Å². The summed E-state index contributed by atoms with van der Waals surface area (Å²) >= 11 is 1.62. The van der Waals surface area contributed by atoms with Gasteiger partial charge in [0.2, 0.25) is 6.79 Å². The Labute approximate surface area is 126 Å². The summed E-state index contributed by atoms with van der Waals surface area (Å²) in [7, 11) is 0. The normalized spacial score (nSPS) is 12.7. The molecule has 0 atom stereocenters. The summed E-state index contributed by atoms with van der Waals surface area (Å²) in [6.45, 7) is 4.84. The van der Waals surface area contributed by atoms with Crippen molar-refractivity contribution in [2.45, 2.75) is 26.3 Å². The summed E-state index contributed by atoms with van der Waals surface area (Å²) in [6, 6.07) is 5.17. The van der Waals surface area contributed by atoms with Crippen molar-refractivity contribution < 1.29 is 14.3 Å². The van der Waals surface area contributed by atoms with E-state index in [1.807, 2.05) is 5.38 Å². The molecule has 5 nitrogen and oxygen atoms in total. The van der Waals surface area contributed by atoms with E-state index >= 15 is 0 Å². The van der Waals surface area contributed by atoms with Crippen LogP contribution < -0.4 is 14.8 Å². The first-order valence-electron chi connectivity index (χ1n) is 6.75. The third kappa shape index (κ3) is 3.00. The van der Waals surface area contributed by atoms with Crippen LogP contribution in [0.3, 0.4) is 0 Å². The van der Waals surface area contributed by atoms with Crippen LogP contribution >= 0.6 is 11.3 Å². The number of hydrogen-bond donors (Lipinski definition) is 1. The van der Waals surface area contributed by atoms with Crippen LogP contribution in [-0.2, 0) is 6.54 Å². The molecule has 1 aliphatic rings. The fraction of sp³-hybridized carbons (Fsp3) is 0.333. The molecule has 21 heavy (non-hydrogen) atoms. The van der Waals surface area contributed by atoms with Crippen LogP contribution in [0.25, 0.3) is 0 Å². The summed E-state index contributed by atoms with van der Waals surface area (Å²) in [5, 5.41) is 5.93. The molecular weight excluding hydrogens is 288 g/mol. The lowest BCUT2D eigenvalue weighted by Gasteiger charge is -2.04. The van der Waals surface area contributed by atoms with E-state index in [9.17, 15) is 4.79 Å². The van der Waals surface area contributed by atoms with Crippen LogP contribution in [0.15, 0.2) is 23.6 Å². The zero-order chi connectivity index (χ0) is 14.8. The second kappa shape index (κ2) is 5.73. The number of fused-ring (bicyclic) bond motifs is 1. The maximum absolute atomic E-state index is 12.1. The van der Waals surface area contributed by atoms with Crippen LogP contribution in [-0.4, -0.2) is 17.7 Å². The molecule has 0 radical (unpaired) electrons. The highest BCUT2D eigenvalue weighted by atomic mass is 32.1. The average molecular weight is 304 g/mol. The fourth-order valence-electron chi connectivity index (χ4n) is 1.98. The standard InChI is InChI=1S/C15H16N2O3S/c1-9(2)15-17-11(7-21-15)6-16-14(18)10-3-4-12-13(5-10)20-8-19-12/h3-5,7,9H,6,8H2,1-2H3,(H,16,18). The Balaban J connectivity index is 1.63. The lowest BCUT2D eigenvalue weighted by molar-refractivity contribution is 0.0950. The van der Waals surface area contributed by atoms with Gasteiger partial charge in [-0.05, 0) is 18.2 Å². The van der Waals surface area contributed by atoms with E-state index in [1.54, 1.807) is 29.5 Å². The molecule has 0 unspecified atom stereocenters. The summed E-state index contributed by atoms with van der Waals surface area (Å²) in [5.41, 5.74) is 1.44. The Kier molecular flexibility index (Phi) is 3.79. The molecule has 0 aliphatic carbocycles. The summed E-state index contributed by atoms with van der Waals surface area (Å²) < 4.78 is 10.5. The van der Waals surface area contributed by atoms with Crippen molar-refractivity contribution in [3.05, 3.63) is 39.8 Å². The van der Waals surface area contributed by atoms with Gasteiger partial charge in [-0.1, -0.05) is 13.8 Å². The monoisotopic (exact) mass is 304 g/mol. The fourth-order valence-corrected chi connectivity index (χ4v) is 2.81. The number of carbonyl (C=O) groups is 1. The molecule has 6 heteroatoms. The topological polar surface area (TPSA) is 60.5 Å². The number of thiazole rings is 1.